The Kier molecular flexibility index (Phi) is 42.2. The number of aliphatic hydroxyl groups is 5. The van der Waals surface area contributed by atoms with E-state index in [0.29, 0.717) is 12.8 Å². The molecule has 0 radical (unpaired) electrons. The van der Waals surface area contributed by atoms with Gasteiger partial charge in [-0.25, -0.2) is 0 Å². The molecule has 9 nitrogen and oxygen atoms in total. The van der Waals surface area contributed by atoms with E-state index < -0.39 is 49.5 Å². The van der Waals surface area contributed by atoms with Gasteiger partial charge in [0.15, 0.2) is 6.29 Å². The summed E-state index contributed by atoms with van der Waals surface area (Å²) in [6.45, 7) is 3.51. The summed E-state index contributed by atoms with van der Waals surface area (Å²) >= 11 is 0. The van der Waals surface area contributed by atoms with Crippen LogP contribution in [0.25, 0.3) is 0 Å². The maximum atomic E-state index is 12.8. The highest BCUT2D eigenvalue weighted by Crippen LogP contribution is 2.23. The first-order chi connectivity index (χ1) is 32.8. The van der Waals surface area contributed by atoms with Crippen LogP contribution in [0.2, 0.25) is 0 Å². The molecule has 1 heterocycles. The molecule has 1 aliphatic heterocycles. The maximum Gasteiger partial charge on any atom is 0.220 e. The van der Waals surface area contributed by atoms with Gasteiger partial charge in [0.1, 0.15) is 24.4 Å². The first-order valence-corrected chi connectivity index (χ1v) is 25.9. The third kappa shape index (κ3) is 36.0. The molecule has 9 heteroatoms. The van der Waals surface area contributed by atoms with Gasteiger partial charge < -0.3 is 40.3 Å². The molecule has 1 aliphatic rings. The molecule has 7 atom stereocenters. The van der Waals surface area contributed by atoms with E-state index in [1.807, 2.05) is 0 Å². The number of carbonyl (C=O) groups excluding carboxylic acids is 1. The fraction of sp³-hybridized carbons (Fsp3) is 0.603. The van der Waals surface area contributed by atoms with E-state index >= 15 is 0 Å². The Labute approximate surface area is 407 Å². The van der Waals surface area contributed by atoms with Crippen LogP contribution in [0.1, 0.15) is 168 Å². The van der Waals surface area contributed by atoms with Crippen LogP contribution in [0.15, 0.2) is 134 Å². The molecule has 1 amide bonds. The Morgan fingerprint density at radius 3 is 1.34 bits per heavy atom. The van der Waals surface area contributed by atoms with E-state index in [1.54, 1.807) is 0 Å². The van der Waals surface area contributed by atoms with Crippen LogP contribution in [0, 0.1) is 0 Å². The summed E-state index contributed by atoms with van der Waals surface area (Å²) in [4.78, 5) is 12.8. The van der Waals surface area contributed by atoms with Gasteiger partial charge in [0.05, 0.1) is 25.4 Å². The second kappa shape index (κ2) is 46.1. The normalized spacial score (nSPS) is 20.9. The van der Waals surface area contributed by atoms with Crippen LogP contribution in [-0.2, 0) is 14.3 Å². The number of hydrogen-bond donors (Lipinski definition) is 6. The van der Waals surface area contributed by atoms with E-state index in [0.717, 1.165) is 122 Å². The van der Waals surface area contributed by atoms with Crippen molar-refractivity contribution in [1.82, 2.24) is 5.32 Å². The molecule has 378 valence electrons. The van der Waals surface area contributed by atoms with Crippen LogP contribution in [0.5, 0.6) is 0 Å². The number of ether oxygens (including phenoxy) is 2. The van der Waals surface area contributed by atoms with Gasteiger partial charge in [-0.2, -0.15) is 0 Å². The van der Waals surface area contributed by atoms with Crippen molar-refractivity contribution >= 4 is 5.91 Å². The minimum Gasteiger partial charge on any atom is -0.394 e. The van der Waals surface area contributed by atoms with Crippen LogP contribution in [-0.4, -0.2) is 87.5 Å². The quantitative estimate of drug-likeness (QED) is 0.0262. The number of amides is 1. The van der Waals surface area contributed by atoms with Crippen molar-refractivity contribution < 1.29 is 39.8 Å². The monoisotopic (exact) mass is 932 g/mol. The Bertz CT molecular complexity index is 1500. The number of allylic oxidation sites excluding steroid dienone is 22. The van der Waals surface area contributed by atoms with Crippen molar-refractivity contribution in [2.75, 3.05) is 13.2 Å². The number of rotatable bonds is 41. The smallest absolute Gasteiger partial charge is 0.220 e. The van der Waals surface area contributed by atoms with Crippen molar-refractivity contribution in [3.8, 4) is 0 Å². The number of hydrogen-bond acceptors (Lipinski definition) is 8. The predicted molar refractivity (Wildman–Crippen MR) is 280 cm³/mol. The zero-order chi connectivity index (χ0) is 48.7. The Hall–Kier alpha value is -3.67. The van der Waals surface area contributed by atoms with E-state index in [1.165, 1.54) is 19.3 Å². The Morgan fingerprint density at radius 2 is 0.925 bits per heavy atom. The number of aliphatic hydroxyl groups excluding tert-OH is 5. The molecule has 0 aromatic heterocycles. The van der Waals surface area contributed by atoms with Crippen molar-refractivity contribution in [2.24, 2.45) is 0 Å². The molecule has 0 bridgehead atoms. The van der Waals surface area contributed by atoms with Crippen molar-refractivity contribution in [2.45, 2.75) is 211 Å². The molecule has 0 aromatic carbocycles. The standard InChI is InChI=1S/C58H93NO8/c1-3-5-7-8-9-10-11-12-13-14-15-16-17-18-19-20-21-22-23-24-25-26-27-28-29-30-31-32-33-34-35-36-37-38-39-40-41-42-43-44-46-48-54(62)59-51(52(61)47-45-6-4-2)50-66-58-57(65)56(64)55(63)53(49-60)67-58/h5,7,9-10,12-13,15-16,18-19,21-22,24-25,27-28,30-31,33-34,36-37,51-53,55-58,60-61,63-65H,3-4,6,8,11,14,17,20,23,26,29,32,35,38-50H2,1-2H3,(H,59,62)/b7-5-,10-9-,13-12-,16-15-,19-18-,22-21-,25-24-,28-27-,31-30-,34-33-,37-36-. The molecule has 1 saturated heterocycles. The molecule has 0 aliphatic carbocycles. The SMILES string of the molecule is CC/C=C\C/C=C\C/C=C\C/C=C\C/C=C\C/C=C\C/C=C\C/C=C\C/C=C\C/C=C\C/C=C\CCCCCCCCCC(=O)NC(COC1OC(CO)C(O)C(O)C1O)C(O)CCCCC. The Morgan fingerprint density at radius 1 is 0.522 bits per heavy atom. The van der Waals surface area contributed by atoms with E-state index in [-0.39, 0.29) is 12.5 Å². The van der Waals surface area contributed by atoms with Crippen LogP contribution < -0.4 is 5.32 Å². The maximum absolute atomic E-state index is 12.8. The lowest BCUT2D eigenvalue weighted by Crippen LogP contribution is -2.60. The largest absolute Gasteiger partial charge is 0.394 e. The lowest BCUT2D eigenvalue weighted by Gasteiger charge is -2.40. The van der Waals surface area contributed by atoms with Gasteiger partial charge >= 0.3 is 0 Å². The van der Waals surface area contributed by atoms with E-state index in [9.17, 15) is 30.3 Å². The zero-order valence-corrected chi connectivity index (χ0v) is 41.6. The molecular formula is C58H93NO8. The second-order valence-electron chi connectivity index (χ2n) is 17.2. The van der Waals surface area contributed by atoms with Gasteiger partial charge in [0.25, 0.3) is 0 Å². The molecule has 1 rings (SSSR count). The highest BCUT2D eigenvalue weighted by atomic mass is 16.7. The third-order valence-corrected chi connectivity index (χ3v) is 11.3. The van der Waals surface area contributed by atoms with Crippen molar-refractivity contribution in [3.05, 3.63) is 134 Å². The molecular weight excluding hydrogens is 839 g/mol. The minimum atomic E-state index is -1.56. The molecule has 67 heavy (non-hydrogen) atoms. The number of carbonyl (C=O) groups is 1. The summed E-state index contributed by atoms with van der Waals surface area (Å²) < 4.78 is 11.1. The lowest BCUT2D eigenvalue weighted by molar-refractivity contribution is -0.302. The van der Waals surface area contributed by atoms with Crippen LogP contribution >= 0.6 is 0 Å². The summed E-state index contributed by atoms with van der Waals surface area (Å²) in [5.74, 6) is -0.175. The minimum absolute atomic E-state index is 0.156. The molecule has 6 N–H and O–H groups in total. The summed E-state index contributed by atoms with van der Waals surface area (Å²) in [6.07, 6.45) is 64.4. The Balaban J connectivity index is 2.04. The zero-order valence-electron chi connectivity index (χ0n) is 41.6. The molecule has 0 aromatic rings. The fourth-order valence-corrected chi connectivity index (χ4v) is 7.16. The number of unbranched alkanes of at least 4 members (excludes halogenated alkanes) is 9. The first-order valence-electron chi connectivity index (χ1n) is 25.9. The molecule has 7 unspecified atom stereocenters. The van der Waals surface area contributed by atoms with E-state index in [2.05, 4.69) is 153 Å². The van der Waals surface area contributed by atoms with Gasteiger partial charge in [-0.3, -0.25) is 4.79 Å². The highest BCUT2D eigenvalue weighted by Gasteiger charge is 2.44. The highest BCUT2D eigenvalue weighted by molar-refractivity contribution is 5.76. The lowest BCUT2D eigenvalue weighted by atomic mass is 9.99. The van der Waals surface area contributed by atoms with Gasteiger partial charge in [0.2, 0.25) is 5.91 Å². The van der Waals surface area contributed by atoms with Gasteiger partial charge in [-0.05, 0) is 96.3 Å². The summed E-state index contributed by atoms with van der Waals surface area (Å²) in [6, 6.07) is -0.729. The molecule has 0 saturated carbocycles. The second-order valence-corrected chi connectivity index (χ2v) is 17.2. The summed E-state index contributed by atoms with van der Waals surface area (Å²) in [7, 11) is 0. The van der Waals surface area contributed by atoms with Crippen molar-refractivity contribution in [3.63, 3.8) is 0 Å². The number of nitrogens with one attached hydrogen (secondary N) is 1. The fourth-order valence-electron chi connectivity index (χ4n) is 7.16. The van der Waals surface area contributed by atoms with Crippen LogP contribution in [0.4, 0.5) is 0 Å². The van der Waals surface area contributed by atoms with Gasteiger partial charge in [-0.1, -0.05) is 199 Å². The van der Waals surface area contributed by atoms with E-state index in [4.69, 9.17) is 9.47 Å². The topological polar surface area (TPSA) is 149 Å². The van der Waals surface area contributed by atoms with Gasteiger partial charge in [0, 0.05) is 6.42 Å². The molecule has 1 fully saturated rings. The summed E-state index contributed by atoms with van der Waals surface area (Å²) in [5.41, 5.74) is 0. The third-order valence-electron chi connectivity index (χ3n) is 11.3. The van der Waals surface area contributed by atoms with Crippen molar-refractivity contribution in [1.29, 1.82) is 0 Å². The summed E-state index contributed by atoms with van der Waals surface area (Å²) in [5, 5.41) is 53.6. The van der Waals surface area contributed by atoms with Crippen LogP contribution in [0.3, 0.4) is 0 Å². The van der Waals surface area contributed by atoms with Gasteiger partial charge in [-0.15, -0.1) is 0 Å². The average Bonchev–Trinajstić information content (AvgIpc) is 3.33. The first kappa shape index (κ1) is 61.3. The average molecular weight is 932 g/mol. The predicted octanol–water partition coefficient (Wildman–Crippen LogP) is 12.2. The molecule has 0 spiro atoms.